The number of rotatable bonds is 10. The molecular weight excluding hydrogens is 506 g/mol. The molecule has 0 spiro atoms. The molecule has 3 aromatic heterocycles. The van der Waals surface area contributed by atoms with Gasteiger partial charge < -0.3 is 0 Å². The molecule has 5 aromatic rings. The van der Waals surface area contributed by atoms with Crippen LogP contribution in [0.25, 0.3) is 22.5 Å². The second-order valence-electron chi connectivity index (χ2n) is 8.50. The van der Waals surface area contributed by atoms with Crippen molar-refractivity contribution in [1.29, 1.82) is 0 Å². The van der Waals surface area contributed by atoms with Gasteiger partial charge in [0.15, 0.2) is 5.82 Å². The van der Waals surface area contributed by atoms with E-state index in [9.17, 15) is 8.42 Å². The molecule has 0 fully saturated rings. The lowest BCUT2D eigenvalue weighted by Gasteiger charge is -2.11. The summed E-state index contributed by atoms with van der Waals surface area (Å²) in [7, 11) is -3.77. The highest BCUT2D eigenvalue weighted by Crippen LogP contribution is 2.33. The Bertz CT molecular complexity index is 1570. The molecule has 0 aliphatic rings. The Morgan fingerprint density at radius 1 is 1.00 bits per heavy atom. The van der Waals surface area contributed by atoms with Crippen molar-refractivity contribution in [1.82, 2.24) is 30.0 Å². The lowest BCUT2D eigenvalue weighted by atomic mass is 9.96. The van der Waals surface area contributed by atoms with Gasteiger partial charge in [0.05, 0.1) is 5.69 Å². The van der Waals surface area contributed by atoms with Crippen LogP contribution in [0.2, 0.25) is 0 Å². The average molecular weight is 532 g/mol. The van der Waals surface area contributed by atoms with E-state index in [0.717, 1.165) is 52.8 Å². The van der Waals surface area contributed by atoms with E-state index in [1.807, 2.05) is 24.3 Å². The first-order valence-electron chi connectivity index (χ1n) is 11.9. The Hall–Kier alpha value is -3.96. The molecule has 0 saturated heterocycles. The molecule has 0 saturated carbocycles. The van der Waals surface area contributed by atoms with E-state index in [4.69, 9.17) is 0 Å². The monoisotopic (exact) mass is 531 g/mol. The molecule has 0 amide bonds. The standard InChI is InChI=1S/C26H25N7O2S2/c1-2-3-10-24-23(26(36-30-24)31-37(34,35)20-7-6-15-27-17-20)16-18-11-13-19(14-12-18)21-8-4-5-9-22(21)25-28-32-33-29-25/h4-9,11-15,17,31H,2-3,10,16H2,1H3,(H,28,29,32,33). The van der Waals surface area contributed by atoms with Gasteiger partial charge in [-0.05, 0) is 63.6 Å². The summed E-state index contributed by atoms with van der Waals surface area (Å²) in [6, 6.07) is 19.3. The largest absolute Gasteiger partial charge is 0.269 e. The molecule has 0 aliphatic carbocycles. The van der Waals surface area contributed by atoms with Gasteiger partial charge in [-0.15, -0.1) is 5.10 Å². The minimum absolute atomic E-state index is 0.120. The molecular formula is C26H25N7O2S2. The van der Waals surface area contributed by atoms with Crippen molar-refractivity contribution < 1.29 is 8.42 Å². The van der Waals surface area contributed by atoms with E-state index in [-0.39, 0.29) is 4.90 Å². The van der Waals surface area contributed by atoms with Gasteiger partial charge in [-0.3, -0.25) is 9.71 Å². The van der Waals surface area contributed by atoms with E-state index in [0.29, 0.717) is 17.2 Å². The van der Waals surface area contributed by atoms with Crippen LogP contribution in [0.15, 0.2) is 78.0 Å². The van der Waals surface area contributed by atoms with Crippen LogP contribution < -0.4 is 4.72 Å². The van der Waals surface area contributed by atoms with Crippen LogP contribution in [0.5, 0.6) is 0 Å². The third-order valence-corrected chi connectivity index (χ3v) is 8.29. The van der Waals surface area contributed by atoms with Crippen molar-refractivity contribution in [3.05, 3.63) is 89.9 Å². The average Bonchev–Trinajstić information content (AvgIpc) is 3.59. The molecule has 2 N–H and O–H groups in total. The number of aromatic amines is 1. The van der Waals surface area contributed by atoms with E-state index < -0.39 is 10.0 Å². The summed E-state index contributed by atoms with van der Waals surface area (Å²) in [6.07, 6.45) is 6.26. The zero-order valence-corrected chi connectivity index (χ0v) is 21.8. The number of unbranched alkanes of at least 4 members (excludes halogenated alkanes) is 1. The Kier molecular flexibility index (Phi) is 7.33. The van der Waals surface area contributed by atoms with E-state index in [1.54, 1.807) is 12.3 Å². The molecule has 0 radical (unpaired) electrons. The highest BCUT2D eigenvalue weighted by Gasteiger charge is 2.21. The molecule has 0 atom stereocenters. The number of aryl methyl sites for hydroxylation is 1. The second kappa shape index (κ2) is 11.0. The molecule has 37 heavy (non-hydrogen) atoms. The van der Waals surface area contributed by atoms with Crippen molar-refractivity contribution >= 4 is 26.6 Å². The minimum Gasteiger partial charge on any atom is -0.269 e. The summed E-state index contributed by atoms with van der Waals surface area (Å²) < 4.78 is 33.3. The fourth-order valence-corrected chi connectivity index (χ4v) is 6.18. The SMILES string of the molecule is CCCCc1nsc(NS(=O)(=O)c2cccnc2)c1Cc1ccc(-c2ccccc2-c2nnn[nH]2)cc1. The second-order valence-corrected chi connectivity index (χ2v) is 11.0. The van der Waals surface area contributed by atoms with Gasteiger partial charge >= 0.3 is 0 Å². The lowest BCUT2D eigenvalue weighted by Crippen LogP contribution is -2.13. The predicted molar refractivity (Wildman–Crippen MR) is 144 cm³/mol. The molecule has 3 heterocycles. The van der Waals surface area contributed by atoms with Crippen molar-refractivity contribution in [2.24, 2.45) is 0 Å². The number of H-pyrrole nitrogens is 1. The normalized spacial score (nSPS) is 11.5. The van der Waals surface area contributed by atoms with Gasteiger partial charge in [0, 0.05) is 29.9 Å². The number of sulfonamides is 1. The van der Waals surface area contributed by atoms with E-state index >= 15 is 0 Å². The molecule has 0 bridgehead atoms. The van der Waals surface area contributed by atoms with Crippen molar-refractivity contribution in [3.8, 4) is 22.5 Å². The Balaban J connectivity index is 1.43. The first-order chi connectivity index (χ1) is 18.0. The van der Waals surface area contributed by atoms with Gasteiger partial charge in [-0.1, -0.05) is 61.9 Å². The number of tetrazole rings is 1. The first kappa shape index (κ1) is 24.7. The number of anilines is 1. The van der Waals surface area contributed by atoms with Gasteiger partial charge in [-0.2, -0.15) is 4.37 Å². The summed E-state index contributed by atoms with van der Waals surface area (Å²) in [6.45, 7) is 2.13. The van der Waals surface area contributed by atoms with Crippen LogP contribution in [0.4, 0.5) is 5.00 Å². The van der Waals surface area contributed by atoms with Crippen LogP contribution in [-0.2, 0) is 22.9 Å². The zero-order valence-electron chi connectivity index (χ0n) is 20.1. The third kappa shape index (κ3) is 5.57. The summed E-state index contributed by atoms with van der Waals surface area (Å²) in [4.78, 5) is 4.06. The Labute approximate surface area is 219 Å². The first-order valence-corrected chi connectivity index (χ1v) is 14.1. The zero-order chi connectivity index (χ0) is 25.7. The number of aromatic nitrogens is 6. The molecule has 0 aliphatic heterocycles. The maximum atomic E-state index is 13.0. The maximum Gasteiger partial charge on any atom is 0.264 e. The predicted octanol–water partition coefficient (Wildman–Crippen LogP) is 5.12. The summed E-state index contributed by atoms with van der Waals surface area (Å²) in [5.41, 5.74) is 5.86. The van der Waals surface area contributed by atoms with Gasteiger partial charge in [-0.25, -0.2) is 13.5 Å². The van der Waals surface area contributed by atoms with Gasteiger partial charge in [0.2, 0.25) is 0 Å². The highest BCUT2D eigenvalue weighted by molar-refractivity contribution is 7.93. The van der Waals surface area contributed by atoms with Crippen molar-refractivity contribution in [2.75, 3.05) is 4.72 Å². The van der Waals surface area contributed by atoms with Crippen LogP contribution in [0.1, 0.15) is 36.6 Å². The van der Waals surface area contributed by atoms with Crippen molar-refractivity contribution in [2.45, 2.75) is 37.5 Å². The molecule has 0 unspecified atom stereocenters. The minimum atomic E-state index is -3.77. The summed E-state index contributed by atoms with van der Waals surface area (Å²) in [5, 5.41) is 14.8. The number of nitrogens with zero attached hydrogens (tertiary/aromatic N) is 5. The molecule has 11 heteroatoms. The third-order valence-electron chi connectivity index (χ3n) is 5.98. The number of benzene rings is 2. The van der Waals surface area contributed by atoms with Gasteiger partial charge in [0.25, 0.3) is 10.0 Å². The fraction of sp³-hybridized carbons (Fsp3) is 0.192. The van der Waals surface area contributed by atoms with Crippen molar-refractivity contribution in [3.63, 3.8) is 0 Å². The number of nitrogens with one attached hydrogen (secondary N) is 2. The van der Waals surface area contributed by atoms with Gasteiger partial charge in [0.1, 0.15) is 9.90 Å². The lowest BCUT2D eigenvalue weighted by molar-refractivity contribution is 0.601. The molecule has 2 aromatic carbocycles. The Morgan fingerprint density at radius 3 is 2.51 bits per heavy atom. The Morgan fingerprint density at radius 2 is 1.81 bits per heavy atom. The van der Waals surface area contributed by atoms with E-state index in [1.165, 1.54) is 23.8 Å². The number of hydrogen-bond acceptors (Lipinski definition) is 8. The smallest absolute Gasteiger partial charge is 0.264 e. The van der Waals surface area contributed by atoms with Crippen LogP contribution in [0.3, 0.4) is 0 Å². The quantitative estimate of drug-likeness (QED) is 0.256. The highest BCUT2D eigenvalue weighted by atomic mass is 32.2. The summed E-state index contributed by atoms with van der Waals surface area (Å²) >= 11 is 1.18. The number of pyridine rings is 1. The fourth-order valence-electron chi connectivity index (χ4n) is 4.05. The maximum absolute atomic E-state index is 13.0. The molecule has 5 rings (SSSR count). The number of hydrogen-bond donors (Lipinski definition) is 2. The summed E-state index contributed by atoms with van der Waals surface area (Å²) in [5.74, 6) is 0.607. The van der Waals surface area contributed by atoms with Crippen LogP contribution >= 0.6 is 11.5 Å². The van der Waals surface area contributed by atoms with Crippen LogP contribution in [-0.4, -0.2) is 38.4 Å². The molecule has 9 nitrogen and oxygen atoms in total. The van der Waals surface area contributed by atoms with Crippen LogP contribution in [0, 0.1) is 0 Å². The van der Waals surface area contributed by atoms with E-state index in [2.05, 4.69) is 65.9 Å². The topological polar surface area (TPSA) is 126 Å². The molecule has 188 valence electrons.